The van der Waals surface area contributed by atoms with Crippen LogP contribution in [-0.4, -0.2) is 40.4 Å². The van der Waals surface area contributed by atoms with Crippen LogP contribution in [0.15, 0.2) is 24.5 Å². The number of nitrogens with zero attached hydrogens (tertiary/aromatic N) is 3. The Kier molecular flexibility index (Phi) is 3.84. The number of hydrogen-bond acceptors (Lipinski definition) is 3. The Morgan fingerprint density at radius 3 is 3.12 bits per heavy atom. The Morgan fingerprint density at radius 2 is 2.33 bits per heavy atom. The van der Waals surface area contributed by atoms with E-state index >= 15 is 0 Å². The number of aryl methyl sites for hydroxylation is 1. The van der Waals surface area contributed by atoms with Gasteiger partial charge in [0.2, 0.25) is 0 Å². The van der Waals surface area contributed by atoms with Crippen molar-refractivity contribution in [1.29, 1.82) is 0 Å². The molecule has 2 aromatic rings. The van der Waals surface area contributed by atoms with E-state index in [1.54, 1.807) is 10.7 Å². The molecule has 24 heavy (non-hydrogen) atoms. The molecule has 0 bridgehead atoms. The lowest BCUT2D eigenvalue weighted by atomic mass is 10.0. The van der Waals surface area contributed by atoms with E-state index in [-0.39, 0.29) is 6.03 Å². The summed E-state index contributed by atoms with van der Waals surface area (Å²) in [4.78, 5) is 14.4. The predicted octanol–water partition coefficient (Wildman–Crippen LogP) is 3.03. The molecule has 7 heteroatoms. The summed E-state index contributed by atoms with van der Waals surface area (Å²) >= 11 is 6.15. The third kappa shape index (κ3) is 2.82. The number of urea groups is 1. The zero-order valence-corrected chi connectivity index (χ0v) is 14.2. The van der Waals surface area contributed by atoms with E-state index in [1.807, 2.05) is 30.4 Å². The van der Waals surface area contributed by atoms with Gasteiger partial charge >= 0.3 is 6.03 Å². The van der Waals surface area contributed by atoms with E-state index in [2.05, 4.69) is 10.4 Å². The normalized spacial score (nSPS) is 19.2. The number of benzene rings is 1. The highest BCUT2D eigenvalue weighted by Gasteiger charge is 2.29. The number of rotatable bonds is 2. The summed E-state index contributed by atoms with van der Waals surface area (Å²) < 4.78 is 7.43. The van der Waals surface area contributed by atoms with E-state index in [9.17, 15) is 4.79 Å². The Labute approximate surface area is 145 Å². The number of halogens is 1. The first-order valence-electron chi connectivity index (χ1n) is 8.10. The molecule has 1 N–H and O–H groups in total. The zero-order chi connectivity index (χ0) is 16.7. The van der Waals surface area contributed by atoms with E-state index < -0.39 is 0 Å². The van der Waals surface area contributed by atoms with E-state index in [0.717, 1.165) is 30.7 Å². The molecule has 2 amide bonds. The van der Waals surface area contributed by atoms with Crippen LogP contribution in [0, 0.1) is 0 Å². The summed E-state index contributed by atoms with van der Waals surface area (Å²) in [6, 6.07) is 3.54. The van der Waals surface area contributed by atoms with Crippen molar-refractivity contribution in [3.05, 3.63) is 40.7 Å². The van der Waals surface area contributed by atoms with Gasteiger partial charge in [-0.2, -0.15) is 5.10 Å². The van der Waals surface area contributed by atoms with Gasteiger partial charge in [0.15, 0.2) is 0 Å². The number of hydrogen-bond donors (Lipinski definition) is 1. The Morgan fingerprint density at radius 1 is 1.46 bits per heavy atom. The lowest BCUT2D eigenvalue weighted by Gasteiger charge is -2.18. The first kappa shape index (κ1) is 15.3. The zero-order valence-electron chi connectivity index (χ0n) is 13.5. The maximum absolute atomic E-state index is 12.6. The second kappa shape index (κ2) is 6.02. The molecule has 1 atom stereocenters. The van der Waals surface area contributed by atoms with Crippen LogP contribution >= 0.6 is 11.6 Å². The highest BCUT2D eigenvalue weighted by Crippen LogP contribution is 2.37. The smallest absolute Gasteiger partial charge is 0.321 e. The highest BCUT2D eigenvalue weighted by atomic mass is 35.5. The molecule has 4 rings (SSSR count). The van der Waals surface area contributed by atoms with Crippen LogP contribution in [0.2, 0.25) is 5.02 Å². The predicted molar refractivity (Wildman–Crippen MR) is 91.8 cm³/mol. The summed E-state index contributed by atoms with van der Waals surface area (Å²) in [7, 11) is 1.91. The fraction of sp³-hybridized carbons (Fsp3) is 0.412. The van der Waals surface area contributed by atoms with Crippen molar-refractivity contribution in [3.63, 3.8) is 0 Å². The molecule has 0 saturated carbocycles. The topological polar surface area (TPSA) is 59.4 Å². The Hall–Kier alpha value is -2.21. The second-order valence-corrected chi connectivity index (χ2v) is 6.79. The summed E-state index contributed by atoms with van der Waals surface area (Å²) in [5.41, 5.74) is 2.89. The minimum absolute atomic E-state index is 0.110. The maximum Gasteiger partial charge on any atom is 0.321 e. The number of fused-ring (bicyclic) bond motifs is 1. The molecular formula is C17H19ClN4O2. The molecule has 1 saturated heterocycles. The molecule has 0 aliphatic carbocycles. The molecule has 1 fully saturated rings. The van der Waals surface area contributed by atoms with Crippen molar-refractivity contribution in [3.8, 4) is 5.75 Å². The van der Waals surface area contributed by atoms with Crippen LogP contribution in [0.3, 0.4) is 0 Å². The number of aromatic nitrogens is 2. The molecular weight excluding hydrogens is 328 g/mol. The Balaban J connectivity index is 1.46. The molecule has 0 radical (unpaired) electrons. The third-order valence-corrected chi connectivity index (χ3v) is 4.88. The largest absolute Gasteiger partial charge is 0.491 e. The molecule has 1 aromatic carbocycles. The number of ether oxygens (including phenoxy) is 1. The van der Waals surface area contributed by atoms with Crippen molar-refractivity contribution in [1.82, 2.24) is 14.7 Å². The van der Waals surface area contributed by atoms with Gasteiger partial charge in [-0.25, -0.2) is 4.79 Å². The first-order chi connectivity index (χ1) is 11.6. The maximum atomic E-state index is 12.6. The van der Waals surface area contributed by atoms with Crippen LogP contribution in [0.4, 0.5) is 10.5 Å². The molecule has 2 aliphatic heterocycles. The number of anilines is 1. The molecule has 0 unspecified atom stereocenters. The molecule has 126 valence electrons. The quantitative estimate of drug-likeness (QED) is 0.909. The molecule has 1 aromatic heterocycles. The lowest BCUT2D eigenvalue weighted by Crippen LogP contribution is -2.32. The molecule has 6 nitrogen and oxygen atoms in total. The summed E-state index contributed by atoms with van der Waals surface area (Å²) in [6.45, 7) is 2.06. The van der Waals surface area contributed by atoms with Gasteiger partial charge in [0.1, 0.15) is 5.75 Å². The second-order valence-electron chi connectivity index (χ2n) is 6.35. The van der Waals surface area contributed by atoms with Crippen LogP contribution in [0.5, 0.6) is 5.75 Å². The van der Waals surface area contributed by atoms with Crippen molar-refractivity contribution < 1.29 is 9.53 Å². The van der Waals surface area contributed by atoms with Crippen LogP contribution in [0.1, 0.15) is 23.5 Å². The van der Waals surface area contributed by atoms with Crippen molar-refractivity contribution >= 4 is 23.3 Å². The van der Waals surface area contributed by atoms with Gasteiger partial charge in [-0.1, -0.05) is 11.6 Å². The number of nitrogens with one attached hydrogen (secondary N) is 1. The van der Waals surface area contributed by atoms with E-state index in [4.69, 9.17) is 16.3 Å². The van der Waals surface area contributed by atoms with Crippen LogP contribution < -0.4 is 10.1 Å². The minimum atomic E-state index is -0.110. The van der Waals surface area contributed by atoms with Crippen molar-refractivity contribution in [2.75, 3.05) is 25.0 Å². The fourth-order valence-corrected chi connectivity index (χ4v) is 3.66. The van der Waals surface area contributed by atoms with E-state index in [1.165, 1.54) is 5.56 Å². The SMILES string of the molecule is Cn1cc([C@@H]2CCN(C(=O)Nc3cc(Cl)cc4c3OCC4)C2)cn1. The molecule has 2 aliphatic rings. The highest BCUT2D eigenvalue weighted by molar-refractivity contribution is 6.31. The summed E-state index contributed by atoms with van der Waals surface area (Å²) in [5, 5.41) is 7.79. The minimum Gasteiger partial charge on any atom is -0.491 e. The van der Waals surface area contributed by atoms with Crippen LogP contribution in [0.25, 0.3) is 0 Å². The number of carbonyl (C=O) groups is 1. The number of carbonyl (C=O) groups excluding carboxylic acids is 1. The first-order valence-corrected chi connectivity index (χ1v) is 8.47. The van der Waals surface area contributed by atoms with Gasteiger partial charge in [0, 0.05) is 49.3 Å². The van der Waals surface area contributed by atoms with Crippen molar-refractivity contribution in [2.24, 2.45) is 7.05 Å². The lowest BCUT2D eigenvalue weighted by molar-refractivity contribution is 0.222. The standard InChI is InChI=1S/C17H19ClN4O2/c1-21-9-13(8-19-21)12-2-4-22(10-12)17(23)20-15-7-14(18)6-11-3-5-24-16(11)15/h6-9,12H,2-5,10H2,1H3,(H,20,23)/t12-/m1/s1. The molecule has 0 spiro atoms. The number of likely N-dealkylation sites (tertiary alicyclic amines) is 1. The summed E-state index contributed by atoms with van der Waals surface area (Å²) in [5.74, 6) is 1.08. The number of amides is 2. The molecule has 3 heterocycles. The van der Waals surface area contributed by atoms with E-state index in [0.29, 0.717) is 29.8 Å². The van der Waals surface area contributed by atoms with Gasteiger partial charge < -0.3 is 15.0 Å². The van der Waals surface area contributed by atoms with Crippen molar-refractivity contribution in [2.45, 2.75) is 18.8 Å². The van der Waals surface area contributed by atoms with Gasteiger partial charge in [-0.15, -0.1) is 0 Å². The van der Waals surface area contributed by atoms with Gasteiger partial charge in [-0.3, -0.25) is 4.68 Å². The average molecular weight is 347 g/mol. The van der Waals surface area contributed by atoms with Gasteiger partial charge in [0.25, 0.3) is 0 Å². The monoisotopic (exact) mass is 346 g/mol. The Bertz CT molecular complexity index is 789. The third-order valence-electron chi connectivity index (χ3n) is 4.66. The average Bonchev–Trinajstić information content (AvgIpc) is 3.25. The van der Waals surface area contributed by atoms with Crippen LogP contribution in [-0.2, 0) is 13.5 Å². The fourth-order valence-electron chi connectivity index (χ4n) is 3.42. The van der Waals surface area contributed by atoms with Gasteiger partial charge in [0.05, 0.1) is 18.5 Å². The summed E-state index contributed by atoms with van der Waals surface area (Å²) in [6.07, 6.45) is 5.67. The van der Waals surface area contributed by atoms with Gasteiger partial charge in [-0.05, 0) is 24.1 Å².